The molecule has 102 valence electrons. The average molecular weight is 252 g/mol. The van der Waals surface area contributed by atoms with E-state index >= 15 is 0 Å². The second-order valence-electron chi connectivity index (χ2n) is 5.10. The first-order valence-corrected chi connectivity index (χ1v) is 6.57. The molecule has 0 aliphatic rings. The Kier molecular flexibility index (Phi) is 6.33. The number of hydrogen-bond acceptors (Lipinski definition) is 3. The molecule has 0 radical (unpaired) electrons. The van der Waals surface area contributed by atoms with Crippen molar-refractivity contribution in [3.05, 3.63) is 35.9 Å². The maximum atomic E-state index is 10.1. The largest absolute Gasteiger partial charge is 0.396 e. The van der Waals surface area contributed by atoms with E-state index in [1.165, 1.54) is 5.56 Å². The molecule has 18 heavy (non-hydrogen) atoms. The summed E-state index contributed by atoms with van der Waals surface area (Å²) in [6.45, 7) is 3.55. The van der Waals surface area contributed by atoms with E-state index in [-0.39, 0.29) is 18.4 Å². The molecule has 0 fully saturated rings. The Hall–Kier alpha value is -0.900. The molecular weight excluding hydrogens is 228 g/mol. The monoisotopic (exact) mass is 252 g/mol. The summed E-state index contributed by atoms with van der Waals surface area (Å²) in [4.78, 5) is 0. The van der Waals surface area contributed by atoms with Crippen molar-refractivity contribution in [1.82, 2.24) is 0 Å². The van der Waals surface area contributed by atoms with Crippen LogP contribution >= 0.6 is 0 Å². The van der Waals surface area contributed by atoms with Crippen LogP contribution in [0.3, 0.4) is 0 Å². The zero-order chi connectivity index (χ0) is 13.5. The SMILES string of the molecule is C[C@@H]([C@@H](O)[C@H](C)CO)[C@@H](O)CCc1ccccc1. The topological polar surface area (TPSA) is 60.7 Å². The third-order valence-corrected chi connectivity index (χ3v) is 3.59. The van der Waals surface area contributed by atoms with E-state index in [9.17, 15) is 10.2 Å². The second-order valence-corrected chi connectivity index (χ2v) is 5.10. The number of aliphatic hydroxyl groups excluding tert-OH is 3. The van der Waals surface area contributed by atoms with Crippen LogP contribution in [0.15, 0.2) is 30.3 Å². The molecule has 0 aromatic heterocycles. The van der Waals surface area contributed by atoms with E-state index in [4.69, 9.17) is 5.11 Å². The minimum Gasteiger partial charge on any atom is -0.396 e. The molecule has 0 spiro atoms. The summed E-state index contributed by atoms with van der Waals surface area (Å²) < 4.78 is 0. The van der Waals surface area contributed by atoms with Crippen LogP contribution < -0.4 is 0 Å². The smallest absolute Gasteiger partial charge is 0.0637 e. The van der Waals surface area contributed by atoms with Crippen molar-refractivity contribution in [2.45, 2.75) is 38.9 Å². The molecule has 0 saturated heterocycles. The summed E-state index contributed by atoms with van der Waals surface area (Å²) >= 11 is 0. The van der Waals surface area contributed by atoms with E-state index in [0.29, 0.717) is 6.42 Å². The average Bonchev–Trinajstić information content (AvgIpc) is 2.43. The molecule has 0 bridgehead atoms. The number of rotatable bonds is 7. The lowest BCUT2D eigenvalue weighted by Crippen LogP contribution is -2.35. The number of hydrogen-bond donors (Lipinski definition) is 3. The van der Waals surface area contributed by atoms with Gasteiger partial charge in [-0.2, -0.15) is 0 Å². The highest BCUT2D eigenvalue weighted by Crippen LogP contribution is 2.19. The second kappa shape index (κ2) is 7.52. The predicted molar refractivity (Wildman–Crippen MR) is 72.2 cm³/mol. The van der Waals surface area contributed by atoms with Gasteiger partial charge in [0, 0.05) is 18.4 Å². The van der Waals surface area contributed by atoms with Crippen LogP contribution in [0, 0.1) is 11.8 Å². The minimum absolute atomic E-state index is 0.0586. The molecule has 0 aliphatic heterocycles. The fourth-order valence-corrected chi connectivity index (χ4v) is 2.08. The van der Waals surface area contributed by atoms with Crippen molar-refractivity contribution in [1.29, 1.82) is 0 Å². The van der Waals surface area contributed by atoms with Crippen LogP contribution in [0.1, 0.15) is 25.8 Å². The van der Waals surface area contributed by atoms with Crippen molar-refractivity contribution < 1.29 is 15.3 Å². The summed E-state index contributed by atoms with van der Waals surface area (Å²) in [5, 5.41) is 29.0. The van der Waals surface area contributed by atoms with Gasteiger partial charge in [0.15, 0.2) is 0 Å². The zero-order valence-electron chi connectivity index (χ0n) is 11.2. The molecule has 0 heterocycles. The van der Waals surface area contributed by atoms with E-state index < -0.39 is 12.2 Å². The molecule has 1 aromatic carbocycles. The van der Waals surface area contributed by atoms with E-state index in [1.807, 2.05) is 37.3 Å². The van der Waals surface area contributed by atoms with E-state index in [1.54, 1.807) is 6.92 Å². The molecule has 1 aromatic rings. The predicted octanol–water partition coefficient (Wildman–Crippen LogP) is 1.61. The summed E-state index contributed by atoms with van der Waals surface area (Å²) in [5.41, 5.74) is 1.19. The van der Waals surface area contributed by atoms with Crippen molar-refractivity contribution in [3.8, 4) is 0 Å². The quantitative estimate of drug-likeness (QED) is 0.691. The van der Waals surface area contributed by atoms with Gasteiger partial charge in [-0.05, 0) is 18.4 Å². The molecule has 3 N–H and O–H groups in total. The van der Waals surface area contributed by atoms with Gasteiger partial charge in [0.25, 0.3) is 0 Å². The van der Waals surface area contributed by atoms with Crippen LogP contribution in [0.25, 0.3) is 0 Å². The van der Waals surface area contributed by atoms with Gasteiger partial charge in [0.2, 0.25) is 0 Å². The van der Waals surface area contributed by atoms with Crippen molar-refractivity contribution in [2.24, 2.45) is 11.8 Å². The Morgan fingerprint density at radius 1 is 1.06 bits per heavy atom. The van der Waals surface area contributed by atoms with Gasteiger partial charge in [-0.3, -0.25) is 0 Å². The van der Waals surface area contributed by atoms with Gasteiger partial charge in [-0.1, -0.05) is 44.2 Å². The van der Waals surface area contributed by atoms with Crippen LogP contribution in [-0.4, -0.2) is 34.1 Å². The molecule has 3 nitrogen and oxygen atoms in total. The lowest BCUT2D eigenvalue weighted by molar-refractivity contribution is -0.0217. The highest BCUT2D eigenvalue weighted by molar-refractivity contribution is 5.14. The Morgan fingerprint density at radius 2 is 1.67 bits per heavy atom. The van der Waals surface area contributed by atoms with Gasteiger partial charge >= 0.3 is 0 Å². The van der Waals surface area contributed by atoms with Crippen LogP contribution in [0.4, 0.5) is 0 Å². The number of aryl methyl sites for hydroxylation is 1. The highest BCUT2D eigenvalue weighted by Gasteiger charge is 2.26. The Bertz CT molecular complexity index is 326. The summed E-state index contributed by atoms with van der Waals surface area (Å²) in [7, 11) is 0. The van der Waals surface area contributed by atoms with Gasteiger partial charge < -0.3 is 15.3 Å². The van der Waals surface area contributed by atoms with Crippen LogP contribution in [0.5, 0.6) is 0 Å². The molecule has 0 unspecified atom stereocenters. The fraction of sp³-hybridized carbons (Fsp3) is 0.600. The third-order valence-electron chi connectivity index (χ3n) is 3.59. The van der Waals surface area contributed by atoms with Gasteiger partial charge in [-0.15, -0.1) is 0 Å². The van der Waals surface area contributed by atoms with Crippen molar-refractivity contribution >= 4 is 0 Å². The molecule has 0 saturated carbocycles. The zero-order valence-corrected chi connectivity index (χ0v) is 11.2. The fourth-order valence-electron chi connectivity index (χ4n) is 2.08. The summed E-state index contributed by atoms with van der Waals surface area (Å²) in [6.07, 6.45) is 0.211. The molecule has 0 aliphatic carbocycles. The first-order valence-electron chi connectivity index (χ1n) is 6.57. The van der Waals surface area contributed by atoms with Crippen LogP contribution in [-0.2, 0) is 6.42 Å². The maximum Gasteiger partial charge on any atom is 0.0637 e. The van der Waals surface area contributed by atoms with Gasteiger partial charge in [-0.25, -0.2) is 0 Å². The molecular formula is C15H24O3. The number of aliphatic hydroxyl groups is 3. The Morgan fingerprint density at radius 3 is 2.22 bits per heavy atom. The normalized spacial score (nSPS) is 18.1. The van der Waals surface area contributed by atoms with Crippen LogP contribution in [0.2, 0.25) is 0 Å². The third kappa shape index (κ3) is 4.41. The Balaban J connectivity index is 2.42. The number of benzene rings is 1. The van der Waals surface area contributed by atoms with E-state index in [0.717, 1.165) is 6.42 Å². The van der Waals surface area contributed by atoms with Crippen molar-refractivity contribution in [3.63, 3.8) is 0 Å². The first-order chi connectivity index (χ1) is 8.56. The molecule has 3 heteroatoms. The maximum absolute atomic E-state index is 10.1. The van der Waals surface area contributed by atoms with Gasteiger partial charge in [0.1, 0.15) is 0 Å². The van der Waals surface area contributed by atoms with E-state index in [2.05, 4.69) is 0 Å². The van der Waals surface area contributed by atoms with Gasteiger partial charge in [0.05, 0.1) is 12.2 Å². The standard InChI is InChI=1S/C15H24O3/c1-11(10-16)15(18)12(2)14(17)9-8-13-6-4-3-5-7-13/h3-7,11-12,14-18H,8-10H2,1-2H3/t11-,12-,14+,15+/m1/s1. The van der Waals surface area contributed by atoms with Crippen molar-refractivity contribution in [2.75, 3.05) is 6.61 Å². The lowest BCUT2D eigenvalue weighted by Gasteiger charge is -2.27. The molecule has 1 rings (SSSR count). The first kappa shape index (κ1) is 15.2. The summed E-state index contributed by atoms with van der Waals surface area (Å²) in [5.74, 6) is -0.428. The summed E-state index contributed by atoms with van der Waals surface area (Å²) in [6, 6.07) is 9.99. The molecule has 4 atom stereocenters. The molecule has 0 amide bonds. The highest BCUT2D eigenvalue weighted by atomic mass is 16.3. The lowest BCUT2D eigenvalue weighted by atomic mass is 9.87. The Labute approximate surface area is 109 Å². The minimum atomic E-state index is -0.666.